The molecule has 0 saturated carbocycles. The molecule has 1 saturated heterocycles. The summed E-state index contributed by atoms with van der Waals surface area (Å²) >= 11 is 0. The minimum atomic E-state index is -3.83. The number of nitrogens with one attached hydrogen (secondary N) is 2. The molecule has 2 amide bonds. The molecular formula is C25H33N3O4S. The van der Waals surface area contributed by atoms with E-state index in [4.69, 9.17) is 0 Å². The summed E-state index contributed by atoms with van der Waals surface area (Å²) in [4.78, 5) is 27.3. The number of sulfonamides is 1. The van der Waals surface area contributed by atoms with Gasteiger partial charge in [0.25, 0.3) is 5.91 Å². The highest BCUT2D eigenvalue weighted by Crippen LogP contribution is 2.15. The average molecular weight is 472 g/mol. The molecule has 3 rings (SSSR count). The van der Waals surface area contributed by atoms with Crippen molar-refractivity contribution in [2.45, 2.75) is 57.5 Å². The molecule has 0 radical (unpaired) electrons. The van der Waals surface area contributed by atoms with Crippen LogP contribution in [0.3, 0.4) is 0 Å². The van der Waals surface area contributed by atoms with Crippen LogP contribution in [0.1, 0.15) is 54.6 Å². The Morgan fingerprint density at radius 3 is 2.15 bits per heavy atom. The number of hydrogen-bond donors (Lipinski definition) is 2. The Morgan fingerprint density at radius 2 is 1.58 bits per heavy atom. The smallest absolute Gasteiger partial charge is 0.253 e. The second kappa shape index (κ2) is 10.9. The third kappa shape index (κ3) is 6.88. The Hall–Kier alpha value is -2.71. The summed E-state index contributed by atoms with van der Waals surface area (Å²) in [6.07, 6.45) is 2.46. The zero-order valence-electron chi connectivity index (χ0n) is 19.5. The van der Waals surface area contributed by atoms with Gasteiger partial charge in [-0.05, 0) is 61.9 Å². The van der Waals surface area contributed by atoms with Crippen molar-refractivity contribution in [3.63, 3.8) is 0 Å². The van der Waals surface area contributed by atoms with Crippen LogP contribution in [0.2, 0.25) is 0 Å². The number of carbonyl (C=O) groups excluding carboxylic acids is 2. The van der Waals surface area contributed by atoms with Gasteiger partial charge in [0.2, 0.25) is 15.9 Å². The molecule has 2 aromatic carbocycles. The maximum atomic E-state index is 12.9. The highest BCUT2D eigenvalue weighted by atomic mass is 32.2. The van der Waals surface area contributed by atoms with Crippen LogP contribution < -0.4 is 10.0 Å². The standard InChI is InChI=1S/C25H33N3O4S/c1-18(2)16-23(27-33(31,32)22-12-6-19(3)7-13-22)24(29)26-17-20-8-10-21(11-9-20)25(30)28-14-4-5-15-28/h6-13,18,23,27H,4-5,14-17H2,1-3H3,(H,26,29). The van der Waals surface area contributed by atoms with Crippen LogP contribution in [0.15, 0.2) is 53.4 Å². The molecule has 1 unspecified atom stereocenters. The number of hydrogen-bond acceptors (Lipinski definition) is 4. The van der Waals surface area contributed by atoms with E-state index < -0.39 is 16.1 Å². The summed E-state index contributed by atoms with van der Waals surface area (Å²) in [5, 5.41) is 2.83. The van der Waals surface area contributed by atoms with E-state index in [-0.39, 0.29) is 29.2 Å². The molecule has 1 fully saturated rings. The summed E-state index contributed by atoms with van der Waals surface area (Å²) < 4.78 is 28.2. The lowest BCUT2D eigenvalue weighted by Gasteiger charge is -2.20. The van der Waals surface area contributed by atoms with E-state index in [1.54, 1.807) is 24.3 Å². The minimum absolute atomic E-state index is 0.0330. The fourth-order valence-electron chi connectivity index (χ4n) is 3.83. The first kappa shape index (κ1) is 24.9. The summed E-state index contributed by atoms with van der Waals surface area (Å²) in [6.45, 7) is 7.61. The van der Waals surface area contributed by atoms with E-state index in [1.165, 1.54) is 12.1 Å². The second-order valence-corrected chi connectivity index (χ2v) is 10.7. The van der Waals surface area contributed by atoms with Gasteiger partial charge in [-0.1, -0.05) is 43.7 Å². The zero-order valence-corrected chi connectivity index (χ0v) is 20.3. The van der Waals surface area contributed by atoms with Gasteiger partial charge in [-0.3, -0.25) is 9.59 Å². The van der Waals surface area contributed by atoms with Crippen molar-refractivity contribution < 1.29 is 18.0 Å². The van der Waals surface area contributed by atoms with Gasteiger partial charge in [0.05, 0.1) is 4.90 Å². The average Bonchev–Trinajstić information content (AvgIpc) is 3.32. The van der Waals surface area contributed by atoms with Crippen LogP contribution in [0, 0.1) is 12.8 Å². The number of nitrogens with zero attached hydrogens (tertiary/aromatic N) is 1. The minimum Gasteiger partial charge on any atom is -0.351 e. The summed E-state index contributed by atoms with van der Waals surface area (Å²) in [5.41, 5.74) is 2.43. The fourth-order valence-corrected chi connectivity index (χ4v) is 5.04. The van der Waals surface area contributed by atoms with E-state index in [0.717, 1.165) is 37.1 Å². The summed E-state index contributed by atoms with van der Waals surface area (Å²) in [6, 6.07) is 12.8. The predicted octanol–water partition coefficient (Wildman–Crippen LogP) is 3.24. The second-order valence-electron chi connectivity index (χ2n) is 9.03. The Labute approximate surface area is 196 Å². The van der Waals surface area contributed by atoms with E-state index >= 15 is 0 Å². The monoisotopic (exact) mass is 471 g/mol. The first-order valence-electron chi connectivity index (χ1n) is 11.4. The molecule has 0 aliphatic carbocycles. The zero-order chi connectivity index (χ0) is 24.0. The lowest BCUT2D eigenvalue weighted by Crippen LogP contribution is -2.47. The van der Waals surface area contributed by atoms with Gasteiger partial charge >= 0.3 is 0 Å². The summed E-state index contributed by atoms with van der Waals surface area (Å²) in [5.74, 6) is -0.223. The number of rotatable bonds is 9. The van der Waals surface area contributed by atoms with E-state index in [0.29, 0.717) is 12.0 Å². The van der Waals surface area contributed by atoms with Crippen LogP contribution >= 0.6 is 0 Å². The molecule has 0 bridgehead atoms. The molecule has 1 aliphatic rings. The fraction of sp³-hybridized carbons (Fsp3) is 0.440. The van der Waals surface area contributed by atoms with Crippen LogP contribution in [0.25, 0.3) is 0 Å². The molecule has 0 spiro atoms. The number of likely N-dealkylation sites (tertiary alicyclic amines) is 1. The molecule has 1 heterocycles. The Bertz CT molecular complexity index is 1060. The molecule has 0 aromatic heterocycles. The van der Waals surface area contributed by atoms with E-state index in [1.807, 2.05) is 37.8 Å². The van der Waals surface area contributed by atoms with Crippen LogP contribution in [-0.4, -0.2) is 44.3 Å². The van der Waals surface area contributed by atoms with Gasteiger partial charge in [-0.25, -0.2) is 8.42 Å². The van der Waals surface area contributed by atoms with Crippen LogP contribution in [0.4, 0.5) is 0 Å². The molecule has 2 N–H and O–H groups in total. The number of amides is 2. The van der Waals surface area contributed by atoms with Gasteiger partial charge < -0.3 is 10.2 Å². The van der Waals surface area contributed by atoms with Crippen molar-refractivity contribution in [2.24, 2.45) is 5.92 Å². The van der Waals surface area contributed by atoms with Gasteiger partial charge in [0.15, 0.2) is 0 Å². The van der Waals surface area contributed by atoms with Crippen molar-refractivity contribution in [1.29, 1.82) is 0 Å². The van der Waals surface area contributed by atoms with Crippen molar-refractivity contribution in [3.05, 3.63) is 65.2 Å². The van der Waals surface area contributed by atoms with Crippen molar-refractivity contribution >= 4 is 21.8 Å². The highest BCUT2D eigenvalue weighted by Gasteiger charge is 2.26. The van der Waals surface area contributed by atoms with Gasteiger partial charge in [-0.2, -0.15) is 4.72 Å². The largest absolute Gasteiger partial charge is 0.351 e. The molecule has 33 heavy (non-hydrogen) atoms. The number of benzene rings is 2. The SMILES string of the molecule is Cc1ccc(S(=O)(=O)NC(CC(C)C)C(=O)NCc2ccc(C(=O)N3CCCC3)cc2)cc1. The number of aryl methyl sites for hydroxylation is 1. The predicted molar refractivity (Wildman–Crippen MR) is 128 cm³/mol. The normalized spacial score (nSPS) is 15.0. The van der Waals surface area contributed by atoms with Gasteiger partial charge in [0.1, 0.15) is 6.04 Å². The third-order valence-electron chi connectivity index (χ3n) is 5.71. The Morgan fingerprint density at radius 1 is 0.970 bits per heavy atom. The van der Waals surface area contributed by atoms with Crippen molar-refractivity contribution in [2.75, 3.05) is 13.1 Å². The molecule has 178 valence electrons. The number of carbonyl (C=O) groups is 2. The molecule has 1 atom stereocenters. The summed E-state index contributed by atoms with van der Waals surface area (Å²) in [7, 11) is -3.83. The molecule has 8 heteroatoms. The van der Waals surface area contributed by atoms with E-state index in [9.17, 15) is 18.0 Å². The quantitative estimate of drug-likeness (QED) is 0.587. The first-order chi connectivity index (χ1) is 15.7. The Kier molecular flexibility index (Phi) is 8.26. The maximum Gasteiger partial charge on any atom is 0.253 e. The lowest BCUT2D eigenvalue weighted by atomic mass is 10.0. The molecular weight excluding hydrogens is 438 g/mol. The highest BCUT2D eigenvalue weighted by molar-refractivity contribution is 7.89. The maximum absolute atomic E-state index is 12.9. The van der Waals surface area contributed by atoms with Gasteiger partial charge in [0, 0.05) is 25.2 Å². The lowest BCUT2D eigenvalue weighted by molar-refractivity contribution is -0.123. The molecule has 7 nitrogen and oxygen atoms in total. The first-order valence-corrected chi connectivity index (χ1v) is 12.9. The van der Waals surface area contributed by atoms with Gasteiger partial charge in [-0.15, -0.1) is 0 Å². The third-order valence-corrected chi connectivity index (χ3v) is 7.20. The topological polar surface area (TPSA) is 95.6 Å². The van der Waals surface area contributed by atoms with E-state index in [2.05, 4.69) is 10.0 Å². The van der Waals surface area contributed by atoms with Crippen LogP contribution in [0.5, 0.6) is 0 Å². The van der Waals surface area contributed by atoms with Crippen molar-refractivity contribution in [3.8, 4) is 0 Å². The van der Waals surface area contributed by atoms with Crippen molar-refractivity contribution in [1.82, 2.24) is 14.9 Å². The molecule has 2 aromatic rings. The van der Waals surface area contributed by atoms with Crippen LogP contribution in [-0.2, 0) is 21.4 Å². The Balaban J connectivity index is 1.62. The molecule has 1 aliphatic heterocycles.